The normalized spacial score (nSPS) is 10.5. The van der Waals surface area contributed by atoms with Gasteiger partial charge in [0.25, 0.3) is 0 Å². The largest absolute Gasteiger partial charge is 0.303 e. The molecule has 0 radical (unpaired) electrons. The van der Waals surface area contributed by atoms with E-state index in [2.05, 4.69) is 31.2 Å². The Morgan fingerprint density at radius 3 is 2.46 bits per heavy atom. The summed E-state index contributed by atoms with van der Waals surface area (Å²) in [4.78, 5) is 10.0. The predicted octanol–water partition coefficient (Wildman–Crippen LogP) is 2.85. The molecule has 1 heteroatoms. The van der Waals surface area contributed by atoms with Gasteiger partial charge in [-0.05, 0) is 17.5 Å². The third-order valence-electron chi connectivity index (χ3n) is 1.93. The van der Waals surface area contributed by atoms with Crippen LogP contribution in [0.2, 0.25) is 0 Å². The molecule has 68 valence electrons. The Bertz CT molecular complexity index is 282. The minimum atomic E-state index is 0.496. The van der Waals surface area contributed by atoms with E-state index in [1.54, 1.807) is 0 Å². The second-order valence-electron chi connectivity index (χ2n) is 2.90. The Morgan fingerprint density at radius 1 is 1.23 bits per heavy atom. The highest BCUT2D eigenvalue weighted by Crippen LogP contribution is 2.06. The minimum Gasteiger partial charge on any atom is -0.303 e. The van der Waals surface area contributed by atoms with Crippen LogP contribution in [-0.2, 0) is 11.2 Å². The summed E-state index contributed by atoms with van der Waals surface area (Å²) in [5.41, 5.74) is 2.49. The molecule has 1 rings (SSSR count). The first-order valence-electron chi connectivity index (χ1n) is 4.56. The Kier molecular flexibility index (Phi) is 3.97. The van der Waals surface area contributed by atoms with Crippen molar-refractivity contribution in [2.45, 2.75) is 19.8 Å². The lowest BCUT2D eigenvalue weighted by Crippen LogP contribution is -1.79. The number of allylic oxidation sites excluding steroid dienone is 1. The molecule has 0 spiro atoms. The smallest absolute Gasteiger partial charge is 0.123 e. The minimum absolute atomic E-state index is 0.496. The van der Waals surface area contributed by atoms with Gasteiger partial charge < -0.3 is 4.79 Å². The molecule has 0 unspecified atom stereocenters. The van der Waals surface area contributed by atoms with Gasteiger partial charge in [-0.1, -0.05) is 43.3 Å². The van der Waals surface area contributed by atoms with E-state index in [0.717, 1.165) is 18.3 Å². The highest BCUT2D eigenvalue weighted by atomic mass is 16.1. The van der Waals surface area contributed by atoms with Gasteiger partial charge in [0.2, 0.25) is 0 Å². The molecule has 1 nitrogen and oxygen atoms in total. The van der Waals surface area contributed by atoms with Crippen LogP contribution >= 0.6 is 0 Å². The summed E-state index contributed by atoms with van der Waals surface area (Å²) in [5, 5.41) is 0. The van der Waals surface area contributed by atoms with Crippen molar-refractivity contribution in [3.05, 3.63) is 41.5 Å². The van der Waals surface area contributed by atoms with E-state index in [4.69, 9.17) is 0 Å². The van der Waals surface area contributed by atoms with Gasteiger partial charge in [0, 0.05) is 6.42 Å². The van der Waals surface area contributed by atoms with E-state index in [1.165, 1.54) is 5.56 Å². The molecule has 0 fully saturated rings. The fraction of sp³-hybridized carbons (Fsp3) is 0.250. The topological polar surface area (TPSA) is 17.1 Å². The molecule has 0 bridgehead atoms. The van der Waals surface area contributed by atoms with Crippen LogP contribution in [0.4, 0.5) is 0 Å². The summed E-state index contributed by atoms with van der Waals surface area (Å²) in [6, 6.07) is 8.36. The van der Waals surface area contributed by atoms with Gasteiger partial charge in [0.05, 0.1) is 0 Å². The maximum atomic E-state index is 10.0. The van der Waals surface area contributed by atoms with E-state index in [9.17, 15) is 4.79 Å². The lowest BCUT2D eigenvalue weighted by atomic mass is 10.1. The molecule has 13 heavy (non-hydrogen) atoms. The molecule has 0 aliphatic heterocycles. The summed E-state index contributed by atoms with van der Waals surface area (Å²) in [7, 11) is 0. The van der Waals surface area contributed by atoms with Crippen LogP contribution < -0.4 is 0 Å². The SMILES string of the molecule is CCc1ccc(C=CCC=O)cc1. The van der Waals surface area contributed by atoms with E-state index in [1.807, 2.05) is 12.2 Å². The van der Waals surface area contributed by atoms with Crippen LogP contribution in [0.1, 0.15) is 24.5 Å². The van der Waals surface area contributed by atoms with Gasteiger partial charge in [-0.25, -0.2) is 0 Å². The molecule has 1 aromatic carbocycles. The molecule has 0 aromatic heterocycles. The average molecular weight is 174 g/mol. The number of hydrogen-bond donors (Lipinski definition) is 0. The quantitative estimate of drug-likeness (QED) is 0.641. The first-order chi connectivity index (χ1) is 6.36. The number of aryl methyl sites for hydroxylation is 1. The van der Waals surface area contributed by atoms with Crippen molar-refractivity contribution in [3.8, 4) is 0 Å². The summed E-state index contributed by atoms with van der Waals surface area (Å²) in [6.07, 6.45) is 6.30. The van der Waals surface area contributed by atoms with Crippen LogP contribution in [0.5, 0.6) is 0 Å². The zero-order valence-electron chi connectivity index (χ0n) is 7.86. The summed E-state index contributed by atoms with van der Waals surface area (Å²) >= 11 is 0. The van der Waals surface area contributed by atoms with Crippen molar-refractivity contribution in [1.29, 1.82) is 0 Å². The molecule has 1 aromatic rings. The molecular weight excluding hydrogens is 160 g/mol. The van der Waals surface area contributed by atoms with Crippen molar-refractivity contribution in [2.24, 2.45) is 0 Å². The highest BCUT2D eigenvalue weighted by Gasteiger charge is 1.88. The molecule has 0 saturated carbocycles. The number of carbonyl (C=O) groups is 1. The summed E-state index contributed by atoms with van der Waals surface area (Å²) in [5.74, 6) is 0. The molecule has 0 N–H and O–H groups in total. The zero-order chi connectivity index (χ0) is 9.52. The molecule has 0 saturated heterocycles. The second kappa shape index (κ2) is 5.31. The lowest BCUT2D eigenvalue weighted by molar-refractivity contribution is -0.107. The van der Waals surface area contributed by atoms with Crippen LogP contribution in [0.15, 0.2) is 30.3 Å². The van der Waals surface area contributed by atoms with Crippen molar-refractivity contribution >= 4 is 12.4 Å². The summed E-state index contributed by atoms with van der Waals surface area (Å²) < 4.78 is 0. The molecule has 0 aliphatic rings. The molecule has 0 aliphatic carbocycles. The van der Waals surface area contributed by atoms with Crippen LogP contribution in [0.3, 0.4) is 0 Å². The van der Waals surface area contributed by atoms with E-state index in [0.29, 0.717) is 6.42 Å². The van der Waals surface area contributed by atoms with Crippen LogP contribution in [0.25, 0.3) is 6.08 Å². The molecular formula is C12H14O. The number of benzene rings is 1. The molecule has 0 atom stereocenters. The van der Waals surface area contributed by atoms with E-state index >= 15 is 0 Å². The van der Waals surface area contributed by atoms with Crippen molar-refractivity contribution in [2.75, 3.05) is 0 Å². The number of aldehydes is 1. The average Bonchev–Trinajstić information content (AvgIpc) is 2.19. The Hall–Kier alpha value is -1.37. The van der Waals surface area contributed by atoms with Gasteiger partial charge in [-0.3, -0.25) is 0 Å². The number of rotatable bonds is 4. The first-order valence-corrected chi connectivity index (χ1v) is 4.56. The van der Waals surface area contributed by atoms with Crippen LogP contribution in [-0.4, -0.2) is 6.29 Å². The van der Waals surface area contributed by atoms with E-state index < -0.39 is 0 Å². The maximum Gasteiger partial charge on any atom is 0.123 e. The van der Waals surface area contributed by atoms with Gasteiger partial charge in [0.15, 0.2) is 0 Å². The third kappa shape index (κ3) is 3.24. The van der Waals surface area contributed by atoms with Crippen LogP contribution in [0, 0.1) is 0 Å². The highest BCUT2D eigenvalue weighted by molar-refractivity contribution is 5.57. The van der Waals surface area contributed by atoms with Gasteiger partial charge in [-0.2, -0.15) is 0 Å². The number of carbonyl (C=O) groups excluding carboxylic acids is 1. The Balaban J connectivity index is 2.63. The third-order valence-corrected chi connectivity index (χ3v) is 1.93. The second-order valence-corrected chi connectivity index (χ2v) is 2.90. The molecule has 0 heterocycles. The van der Waals surface area contributed by atoms with Gasteiger partial charge in [-0.15, -0.1) is 0 Å². The standard InChI is InChI=1S/C12H14O/c1-2-11-6-8-12(9-7-11)5-3-4-10-13/h3,5-10H,2,4H2,1H3. The monoisotopic (exact) mass is 174 g/mol. The van der Waals surface area contributed by atoms with E-state index in [-0.39, 0.29) is 0 Å². The van der Waals surface area contributed by atoms with Crippen molar-refractivity contribution < 1.29 is 4.79 Å². The summed E-state index contributed by atoms with van der Waals surface area (Å²) in [6.45, 7) is 2.14. The fourth-order valence-electron chi connectivity index (χ4n) is 1.12. The zero-order valence-corrected chi connectivity index (χ0v) is 7.86. The van der Waals surface area contributed by atoms with Gasteiger partial charge >= 0.3 is 0 Å². The molecule has 0 amide bonds. The first kappa shape index (κ1) is 9.72. The van der Waals surface area contributed by atoms with Crippen molar-refractivity contribution in [1.82, 2.24) is 0 Å². The predicted molar refractivity (Wildman–Crippen MR) is 55.5 cm³/mol. The number of hydrogen-bond acceptors (Lipinski definition) is 1. The van der Waals surface area contributed by atoms with Gasteiger partial charge in [0.1, 0.15) is 6.29 Å². The fourth-order valence-corrected chi connectivity index (χ4v) is 1.12. The lowest BCUT2D eigenvalue weighted by Gasteiger charge is -1.96. The maximum absolute atomic E-state index is 10.0. The Labute approximate surface area is 79.1 Å². The Morgan fingerprint density at radius 2 is 1.92 bits per heavy atom. The van der Waals surface area contributed by atoms with Crippen molar-refractivity contribution in [3.63, 3.8) is 0 Å².